The summed E-state index contributed by atoms with van der Waals surface area (Å²) in [6.45, 7) is 1.75. The summed E-state index contributed by atoms with van der Waals surface area (Å²) in [7, 11) is 1.94. The number of benzene rings is 3. The van der Waals surface area contributed by atoms with Gasteiger partial charge in [-0.05, 0) is 36.8 Å². The summed E-state index contributed by atoms with van der Waals surface area (Å²) in [4.78, 5) is 18.2. The molecule has 0 fully saturated rings. The van der Waals surface area contributed by atoms with Crippen molar-refractivity contribution in [3.05, 3.63) is 114 Å². The van der Waals surface area contributed by atoms with Gasteiger partial charge in [-0.1, -0.05) is 54.6 Å². The molecular formula is C26H22FN5O. The molecule has 1 atom stereocenters. The van der Waals surface area contributed by atoms with Crippen LogP contribution in [0, 0.1) is 12.7 Å². The fraction of sp³-hybridized carbons (Fsp3) is 0.115. The molecule has 0 saturated heterocycles. The number of aryl methyl sites for hydroxylation is 1. The number of rotatable bonds is 5. The van der Waals surface area contributed by atoms with Crippen molar-refractivity contribution < 1.29 is 9.18 Å². The van der Waals surface area contributed by atoms with Crippen LogP contribution < -0.4 is 5.32 Å². The molecule has 1 N–H and O–H groups in total. The first-order valence-corrected chi connectivity index (χ1v) is 10.6. The first-order chi connectivity index (χ1) is 16.0. The van der Waals surface area contributed by atoms with Gasteiger partial charge in [-0.3, -0.25) is 4.79 Å². The van der Waals surface area contributed by atoms with Crippen molar-refractivity contribution in [2.75, 3.05) is 0 Å². The molecular weight excluding hydrogens is 417 g/mol. The second kappa shape index (κ2) is 8.35. The van der Waals surface area contributed by atoms with Crippen molar-refractivity contribution in [3.63, 3.8) is 0 Å². The van der Waals surface area contributed by atoms with Gasteiger partial charge in [0.2, 0.25) is 0 Å². The Hall–Kier alpha value is -4.26. The topological polar surface area (TPSA) is 64.7 Å². The van der Waals surface area contributed by atoms with E-state index in [-0.39, 0.29) is 5.91 Å². The molecule has 0 bridgehead atoms. The van der Waals surface area contributed by atoms with E-state index in [4.69, 9.17) is 4.98 Å². The quantitative estimate of drug-likeness (QED) is 0.431. The molecule has 0 aliphatic carbocycles. The molecule has 0 aliphatic heterocycles. The number of hydrogen-bond acceptors (Lipinski definition) is 3. The molecule has 1 amide bonds. The molecule has 0 saturated carbocycles. The minimum atomic E-state index is -0.479. The number of nitrogens with one attached hydrogen (secondary N) is 1. The van der Waals surface area contributed by atoms with Gasteiger partial charge in [0.15, 0.2) is 0 Å². The fourth-order valence-corrected chi connectivity index (χ4v) is 4.07. The van der Waals surface area contributed by atoms with Crippen molar-refractivity contribution in [1.29, 1.82) is 0 Å². The Bertz CT molecular complexity index is 1450. The van der Waals surface area contributed by atoms with Crippen LogP contribution >= 0.6 is 0 Å². The zero-order valence-corrected chi connectivity index (χ0v) is 18.2. The average Bonchev–Trinajstić information content (AvgIpc) is 3.38. The maximum absolute atomic E-state index is 14.3. The number of carbonyl (C=O) groups is 1. The summed E-state index contributed by atoms with van der Waals surface area (Å²) in [5.74, 6) is 0.00316. The van der Waals surface area contributed by atoms with Gasteiger partial charge in [0, 0.05) is 7.05 Å². The lowest BCUT2D eigenvalue weighted by Crippen LogP contribution is -2.31. The maximum Gasteiger partial charge on any atom is 0.255 e. The Morgan fingerprint density at radius 1 is 0.970 bits per heavy atom. The largest absolute Gasteiger partial charge is 0.338 e. The number of carbonyl (C=O) groups excluding carboxylic acids is 1. The SMILES string of the molecule is Cc1c(C(=O)NC(c2ccccc2)c2nc3ccccc3n2C)cnn1-c1ccccc1F. The van der Waals surface area contributed by atoms with Crippen molar-refractivity contribution in [2.24, 2.45) is 7.05 Å². The molecule has 6 nitrogen and oxygen atoms in total. The molecule has 2 aromatic heterocycles. The number of aromatic nitrogens is 4. The summed E-state index contributed by atoms with van der Waals surface area (Å²) in [6, 6.07) is 23.4. The molecule has 5 rings (SSSR count). The Labute approximate surface area is 190 Å². The van der Waals surface area contributed by atoms with Gasteiger partial charge in [0.1, 0.15) is 23.4 Å². The van der Waals surface area contributed by atoms with Crippen LogP contribution in [0.25, 0.3) is 16.7 Å². The molecule has 33 heavy (non-hydrogen) atoms. The molecule has 7 heteroatoms. The first kappa shape index (κ1) is 20.6. The Morgan fingerprint density at radius 2 is 1.67 bits per heavy atom. The van der Waals surface area contributed by atoms with Crippen LogP contribution in [0.5, 0.6) is 0 Å². The van der Waals surface area contributed by atoms with Crippen molar-refractivity contribution >= 4 is 16.9 Å². The third-order valence-electron chi connectivity index (χ3n) is 5.82. The molecule has 164 valence electrons. The summed E-state index contributed by atoms with van der Waals surface area (Å²) in [5, 5.41) is 7.39. The third kappa shape index (κ3) is 3.67. The number of para-hydroxylation sites is 3. The highest BCUT2D eigenvalue weighted by molar-refractivity contribution is 5.95. The van der Waals surface area contributed by atoms with Gasteiger partial charge in [-0.25, -0.2) is 14.1 Å². The number of hydrogen-bond donors (Lipinski definition) is 1. The second-order valence-corrected chi connectivity index (χ2v) is 7.84. The summed E-state index contributed by atoms with van der Waals surface area (Å²) >= 11 is 0. The highest BCUT2D eigenvalue weighted by Gasteiger charge is 2.25. The van der Waals surface area contributed by atoms with E-state index in [0.717, 1.165) is 22.4 Å². The normalized spacial score (nSPS) is 12.1. The van der Waals surface area contributed by atoms with Crippen LogP contribution in [-0.2, 0) is 7.05 Å². The van der Waals surface area contributed by atoms with Crippen LogP contribution in [0.15, 0.2) is 85.1 Å². The average molecular weight is 439 g/mol. The lowest BCUT2D eigenvalue weighted by atomic mass is 10.1. The smallest absolute Gasteiger partial charge is 0.255 e. The van der Waals surface area contributed by atoms with Crippen LogP contribution in [0.3, 0.4) is 0 Å². The summed E-state index contributed by atoms with van der Waals surface area (Å²) in [5.41, 5.74) is 3.96. The van der Waals surface area contributed by atoms with E-state index in [2.05, 4.69) is 10.4 Å². The molecule has 2 heterocycles. The third-order valence-corrected chi connectivity index (χ3v) is 5.82. The van der Waals surface area contributed by atoms with Gasteiger partial charge < -0.3 is 9.88 Å². The van der Waals surface area contributed by atoms with Gasteiger partial charge >= 0.3 is 0 Å². The minimum absolute atomic E-state index is 0.295. The number of fused-ring (bicyclic) bond motifs is 1. The highest BCUT2D eigenvalue weighted by atomic mass is 19.1. The van der Waals surface area contributed by atoms with Gasteiger partial charge in [0.05, 0.1) is 28.5 Å². The lowest BCUT2D eigenvalue weighted by Gasteiger charge is -2.19. The van der Waals surface area contributed by atoms with Crippen molar-refractivity contribution in [2.45, 2.75) is 13.0 Å². The van der Waals surface area contributed by atoms with Crippen LogP contribution in [0.2, 0.25) is 0 Å². The van der Waals surface area contributed by atoms with E-state index >= 15 is 0 Å². The Morgan fingerprint density at radius 3 is 2.42 bits per heavy atom. The number of halogens is 1. The fourth-order valence-electron chi connectivity index (χ4n) is 4.07. The van der Waals surface area contributed by atoms with Crippen LogP contribution in [0.4, 0.5) is 4.39 Å². The van der Waals surface area contributed by atoms with Crippen LogP contribution in [-0.4, -0.2) is 25.2 Å². The Kier molecular flexibility index (Phi) is 5.22. The molecule has 0 aliphatic rings. The first-order valence-electron chi connectivity index (χ1n) is 10.6. The summed E-state index contributed by atoms with van der Waals surface area (Å²) in [6.07, 6.45) is 1.47. The van der Waals surface area contributed by atoms with Gasteiger partial charge in [-0.2, -0.15) is 5.10 Å². The van der Waals surface area contributed by atoms with E-state index in [0.29, 0.717) is 16.9 Å². The monoisotopic (exact) mass is 439 g/mol. The number of amides is 1. The molecule has 1 unspecified atom stereocenters. The predicted molar refractivity (Wildman–Crippen MR) is 125 cm³/mol. The molecule has 0 radical (unpaired) electrons. The Balaban J connectivity index is 1.54. The summed E-state index contributed by atoms with van der Waals surface area (Å²) < 4.78 is 17.7. The number of nitrogens with zero attached hydrogens (tertiary/aromatic N) is 4. The predicted octanol–water partition coefficient (Wildman–Crippen LogP) is 4.73. The lowest BCUT2D eigenvalue weighted by molar-refractivity contribution is 0.0940. The van der Waals surface area contributed by atoms with E-state index < -0.39 is 11.9 Å². The second-order valence-electron chi connectivity index (χ2n) is 7.84. The van der Waals surface area contributed by atoms with Crippen molar-refractivity contribution in [1.82, 2.24) is 24.6 Å². The molecule has 5 aromatic rings. The van der Waals surface area contributed by atoms with Gasteiger partial charge in [-0.15, -0.1) is 0 Å². The van der Waals surface area contributed by atoms with Gasteiger partial charge in [0.25, 0.3) is 5.91 Å². The maximum atomic E-state index is 14.3. The van der Waals surface area contributed by atoms with Crippen LogP contribution in [0.1, 0.15) is 33.5 Å². The highest BCUT2D eigenvalue weighted by Crippen LogP contribution is 2.26. The van der Waals surface area contributed by atoms with Crippen molar-refractivity contribution in [3.8, 4) is 5.69 Å². The zero-order chi connectivity index (χ0) is 22.9. The standard InChI is InChI=1S/C26H22FN5O/c1-17-19(16-28-32(17)22-14-8-6-12-20(22)27)26(33)30-24(18-10-4-3-5-11-18)25-29-21-13-7-9-15-23(21)31(25)2/h3-16,24H,1-2H3,(H,30,33). The van der Waals surface area contributed by atoms with E-state index in [1.165, 1.54) is 16.9 Å². The molecule has 3 aromatic carbocycles. The van der Waals surface area contributed by atoms with E-state index in [1.807, 2.05) is 66.2 Å². The van der Waals surface area contributed by atoms with E-state index in [9.17, 15) is 9.18 Å². The zero-order valence-electron chi connectivity index (χ0n) is 18.2. The minimum Gasteiger partial charge on any atom is -0.338 e. The molecule has 0 spiro atoms. The van der Waals surface area contributed by atoms with E-state index in [1.54, 1.807) is 25.1 Å². The number of imidazole rings is 1.